The van der Waals surface area contributed by atoms with Crippen molar-refractivity contribution in [1.29, 1.82) is 0 Å². The largest absolute Gasteiger partial charge is 0.497 e. The van der Waals surface area contributed by atoms with Crippen LogP contribution < -0.4 is 9.47 Å². The van der Waals surface area contributed by atoms with Gasteiger partial charge in [-0.1, -0.05) is 18.2 Å². The maximum Gasteiger partial charge on any atom is 0.139 e. The molecule has 96 valence electrons. The minimum atomic E-state index is 0.710. The summed E-state index contributed by atoms with van der Waals surface area (Å²) >= 11 is 4.43. The van der Waals surface area contributed by atoms with Gasteiger partial charge in [-0.3, -0.25) is 0 Å². The molecule has 0 heterocycles. The average molecular weight is 468 g/mol. The molecular formula is C14H14I2O2. The van der Waals surface area contributed by atoms with Crippen molar-refractivity contribution in [2.75, 3.05) is 11.7 Å². The van der Waals surface area contributed by atoms with Crippen molar-refractivity contribution < 1.29 is 9.47 Å². The van der Waals surface area contributed by atoms with E-state index in [1.165, 1.54) is 3.57 Å². The third kappa shape index (κ3) is 6.44. The molecule has 0 fully saturated rings. The first kappa shape index (κ1) is 15.6. The van der Waals surface area contributed by atoms with E-state index in [1.54, 1.807) is 7.11 Å². The summed E-state index contributed by atoms with van der Waals surface area (Å²) < 4.78 is 12.1. The zero-order valence-electron chi connectivity index (χ0n) is 9.98. The molecule has 0 spiro atoms. The first-order valence-electron chi connectivity index (χ1n) is 5.29. The molecule has 0 amide bonds. The maximum atomic E-state index is 5.19. The van der Waals surface area contributed by atoms with E-state index in [1.807, 2.05) is 54.6 Å². The second-order valence-corrected chi connectivity index (χ2v) is 5.09. The number of para-hydroxylation sites is 1. The van der Waals surface area contributed by atoms with Crippen LogP contribution in [0.3, 0.4) is 0 Å². The zero-order valence-corrected chi connectivity index (χ0v) is 14.3. The SMILES string of the molecule is COc1ccc(I)cc1.ICOc1ccccc1. The molecule has 2 rings (SSSR count). The minimum Gasteiger partial charge on any atom is -0.497 e. The molecule has 0 saturated heterocycles. The quantitative estimate of drug-likeness (QED) is 0.478. The third-order valence-electron chi connectivity index (χ3n) is 2.01. The Morgan fingerprint density at radius 2 is 1.50 bits per heavy atom. The summed E-state index contributed by atoms with van der Waals surface area (Å²) in [6.45, 7) is 0. The van der Waals surface area contributed by atoms with Crippen LogP contribution in [0, 0.1) is 3.57 Å². The van der Waals surface area contributed by atoms with Gasteiger partial charge in [-0.2, -0.15) is 0 Å². The van der Waals surface area contributed by atoms with Crippen molar-refractivity contribution in [2.45, 2.75) is 0 Å². The fourth-order valence-electron chi connectivity index (χ4n) is 1.15. The zero-order chi connectivity index (χ0) is 13.2. The second-order valence-electron chi connectivity index (χ2n) is 3.22. The fraction of sp³-hybridized carbons (Fsp3) is 0.143. The van der Waals surface area contributed by atoms with E-state index in [9.17, 15) is 0 Å². The van der Waals surface area contributed by atoms with Crippen molar-refractivity contribution in [1.82, 2.24) is 0 Å². The Morgan fingerprint density at radius 1 is 0.889 bits per heavy atom. The van der Waals surface area contributed by atoms with Gasteiger partial charge in [0.2, 0.25) is 0 Å². The molecule has 0 atom stereocenters. The Balaban J connectivity index is 0.000000180. The Bertz CT molecular complexity index is 429. The molecule has 2 aromatic carbocycles. The van der Waals surface area contributed by atoms with E-state index in [4.69, 9.17) is 9.47 Å². The van der Waals surface area contributed by atoms with Crippen LogP contribution in [0.2, 0.25) is 0 Å². The lowest BCUT2D eigenvalue weighted by Gasteiger charge is -1.98. The van der Waals surface area contributed by atoms with Gasteiger partial charge < -0.3 is 9.47 Å². The lowest BCUT2D eigenvalue weighted by molar-refractivity contribution is 0.404. The summed E-state index contributed by atoms with van der Waals surface area (Å²) in [5.41, 5.74) is 0. The van der Waals surface area contributed by atoms with Crippen LogP contribution in [0.1, 0.15) is 0 Å². The molecule has 0 unspecified atom stereocenters. The van der Waals surface area contributed by atoms with Gasteiger partial charge in [-0.25, -0.2) is 0 Å². The van der Waals surface area contributed by atoms with Gasteiger partial charge in [0.15, 0.2) is 0 Å². The summed E-state index contributed by atoms with van der Waals surface area (Å²) in [7, 11) is 1.67. The molecule has 0 aliphatic carbocycles. The highest BCUT2D eigenvalue weighted by atomic mass is 127. The molecule has 18 heavy (non-hydrogen) atoms. The van der Waals surface area contributed by atoms with E-state index >= 15 is 0 Å². The fourth-order valence-corrected chi connectivity index (χ4v) is 1.87. The minimum absolute atomic E-state index is 0.710. The van der Waals surface area contributed by atoms with Crippen molar-refractivity contribution in [3.05, 3.63) is 58.2 Å². The highest BCUT2D eigenvalue weighted by Crippen LogP contribution is 2.12. The maximum absolute atomic E-state index is 5.19. The van der Waals surface area contributed by atoms with E-state index in [0.29, 0.717) is 4.61 Å². The van der Waals surface area contributed by atoms with E-state index in [2.05, 4.69) is 45.2 Å². The number of hydrogen-bond donors (Lipinski definition) is 0. The van der Waals surface area contributed by atoms with Gasteiger partial charge in [-0.05, 0) is 81.6 Å². The molecule has 0 bridgehead atoms. The molecule has 0 radical (unpaired) electrons. The molecular weight excluding hydrogens is 454 g/mol. The lowest BCUT2D eigenvalue weighted by atomic mass is 10.3. The number of halogens is 2. The number of methoxy groups -OCH3 is 1. The number of ether oxygens (including phenoxy) is 2. The van der Waals surface area contributed by atoms with Crippen molar-refractivity contribution in [2.24, 2.45) is 0 Å². The van der Waals surface area contributed by atoms with Crippen LogP contribution in [0.5, 0.6) is 11.5 Å². The topological polar surface area (TPSA) is 18.5 Å². The Hall–Kier alpha value is -0.500. The Labute approximate surface area is 135 Å². The highest BCUT2D eigenvalue weighted by Gasteiger charge is 1.87. The van der Waals surface area contributed by atoms with Crippen molar-refractivity contribution in [3.8, 4) is 11.5 Å². The van der Waals surface area contributed by atoms with Gasteiger partial charge in [0.25, 0.3) is 0 Å². The van der Waals surface area contributed by atoms with Crippen LogP contribution in [0.25, 0.3) is 0 Å². The van der Waals surface area contributed by atoms with Crippen molar-refractivity contribution >= 4 is 45.2 Å². The summed E-state index contributed by atoms with van der Waals surface area (Å²) in [6, 6.07) is 17.7. The summed E-state index contributed by atoms with van der Waals surface area (Å²) in [5, 5.41) is 0. The standard InChI is InChI=1S/2C7H7IO/c1-9-7-4-2-6(8)3-5-7;8-6-9-7-4-2-1-3-5-7/h2-5H,1H3;1-5H,6H2. The summed E-state index contributed by atoms with van der Waals surface area (Å²) in [6.07, 6.45) is 0. The van der Waals surface area contributed by atoms with Gasteiger partial charge in [-0.15, -0.1) is 0 Å². The van der Waals surface area contributed by atoms with Crippen LogP contribution in [-0.4, -0.2) is 11.7 Å². The predicted octanol–water partition coefficient (Wildman–Crippen LogP) is 4.76. The van der Waals surface area contributed by atoms with Gasteiger partial charge in [0.1, 0.15) is 16.1 Å². The average Bonchev–Trinajstić information content (AvgIpc) is 2.42. The lowest BCUT2D eigenvalue weighted by Crippen LogP contribution is -1.85. The number of rotatable bonds is 3. The van der Waals surface area contributed by atoms with Crippen LogP contribution >= 0.6 is 45.2 Å². The smallest absolute Gasteiger partial charge is 0.139 e. The van der Waals surface area contributed by atoms with Crippen LogP contribution in [0.15, 0.2) is 54.6 Å². The number of alkyl halides is 1. The summed E-state index contributed by atoms with van der Waals surface area (Å²) in [5.74, 6) is 1.85. The van der Waals surface area contributed by atoms with Gasteiger partial charge >= 0.3 is 0 Å². The predicted molar refractivity (Wildman–Crippen MR) is 91.7 cm³/mol. The second kappa shape index (κ2) is 9.43. The van der Waals surface area contributed by atoms with E-state index in [0.717, 1.165) is 11.5 Å². The highest BCUT2D eigenvalue weighted by molar-refractivity contribution is 14.1. The number of hydrogen-bond acceptors (Lipinski definition) is 2. The van der Waals surface area contributed by atoms with Gasteiger partial charge in [0, 0.05) is 3.57 Å². The molecule has 2 aromatic rings. The molecule has 4 heteroatoms. The molecule has 0 aromatic heterocycles. The molecule has 0 saturated carbocycles. The number of benzene rings is 2. The van der Waals surface area contributed by atoms with Crippen molar-refractivity contribution in [3.63, 3.8) is 0 Å². The first-order valence-corrected chi connectivity index (χ1v) is 7.90. The first-order chi connectivity index (χ1) is 8.76. The monoisotopic (exact) mass is 468 g/mol. The third-order valence-corrected chi connectivity index (χ3v) is 3.04. The molecule has 2 nitrogen and oxygen atoms in total. The van der Waals surface area contributed by atoms with Gasteiger partial charge in [0.05, 0.1) is 7.11 Å². The molecule has 0 aliphatic heterocycles. The van der Waals surface area contributed by atoms with Crippen LogP contribution in [0.4, 0.5) is 0 Å². The van der Waals surface area contributed by atoms with Crippen LogP contribution in [-0.2, 0) is 0 Å². The Kier molecular flexibility index (Phi) is 8.15. The van der Waals surface area contributed by atoms with E-state index < -0.39 is 0 Å². The molecule has 0 aliphatic rings. The normalized spacial score (nSPS) is 9.06. The Morgan fingerprint density at radius 3 is 2.00 bits per heavy atom. The van der Waals surface area contributed by atoms with E-state index in [-0.39, 0.29) is 0 Å². The molecule has 0 N–H and O–H groups in total. The summed E-state index contributed by atoms with van der Waals surface area (Å²) in [4.78, 5) is 0.